The number of hydrogen-bond acceptors (Lipinski definition) is 5. The van der Waals surface area contributed by atoms with Gasteiger partial charge in [0.25, 0.3) is 5.91 Å². The Hall–Kier alpha value is -3.52. The number of carbonyl (C=O) groups excluding carboxylic acids is 1. The van der Waals surface area contributed by atoms with Crippen LogP contribution < -0.4 is 10.2 Å². The summed E-state index contributed by atoms with van der Waals surface area (Å²) >= 11 is 0. The molecule has 172 valence electrons. The minimum absolute atomic E-state index is 0.255. The lowest BCUT2D eigenvalue weighted by Gasteiger charge is -2.17. The van der Waals surface area contributed by atoms with Gasteiger partial charge in [0.1, 0.15) is 11.6 Å². The van der Waals surface area contributed by atoms with Crippen molar-refractivity contribution in [2.24, 2.45) is 0 Å². The number of rotatable bonds is 7. The average molecular weight is 449 g/mol. The summed E-state index contributed by atoms with van der Waals surface area (Å²) in [6.45, 7) is 3.65. The summed E-state index contributed by atoms with van der Waals surface area (Å²) in [6, 6.07) is 14.1. The van der Waals surface area contributed by atoms with Crippen LogP contribution in [0.5, 0.6) is 0 Å². The Morgan fingerprint density at radius 3 is 2.70 bits per heavy atom. The predicted molar refractivity (Wildman–Crippen MR) is 128 cm³/mol. The molecule has 0 bridgehead atoms. The number of amides is 1. The van der Waals surface area contributed by atoms with Gasteiger partial charge < -0.3 is 14.8 Å². The molecule has 33 heavy (non-hydrogen) atoms. The van der Waals surface area contributed by atoms with Gasteiger partial charge in [-0.15, -0.1) is 10.2 Å². The molecular weight excluding hydrogens is 419 g/mol. The lowest BCUT2D eigenvalue weighted by Crippen LogP contribution is -2.28. The van der Waals surface area contributed by atoms with Crippen molar-refractivity contribution in [3.8, 4) is 0 Å². The molecular formula is C25H29FN6O. The van der Waals surface area contributed by atoms with Crippen LogP contribution in [0.1, 0.15) is 27.6 Å². The van der Waals surface area contributed by atoms with Crippen molar-refractivity contribution in [1.29, 1.82) is 0 Å². The third-order valence-corrected chi connectivity index (χ3v) is 5.77. The normalized spacial score (nSPS) is 14.2. The van der Waals surface area contributed by atoms with Crippen LogP contribution in [0.25, 0.3) is 6.08 Å². The van der Waals surface area contributed by atoms with E-state index in [4.69, 9.17) is 0 Å². The summed E-state index contributed by atoms with van der Waals surface area (Å²) in [5.74, 6) is 0.883. The molecule has 1 aliphatic heterocycles. The van der Waals surface area contributed by atoms with Gasteiger partial charge >= 0.3 is 0 Å². The van der Waals surface area contributed by atoms with Crippen molar-refractivity contribution in [3.63, 3.8) is 0 Å². The second kappa shape index (κ2) is 10.4. The quantitative estimate of drug-likeness (QED) is 0.602. The van der Waals surface area contributed by atoms with Gasteiger partial charge in [0.05, 0.1) is 6.54 Å². The summed E-state index contributed by atoms with van der Waals surface area (Å²) in [5, 5.41) is 11.4. The second-order valence-electron chi connectivity index (χ2n) is 8.32. The molecule has 0 radical (unpaired) electrons. The van der Waals surface area contributed by atoms with Crippen LogP contribution in [0.15, 0.2) is 54.6 Å². The number of fused-ring (bicyclic) bond motifs is 1. The van der Waals surface area contributed by atoms with E-state index in [1.165, 1.54) is 29.4 Å². The summed E-state index contributed by atoms with van der Waals surface area (Å²) in [4.78, 5) is 16.8. The molecule has 1 aromatic heterocycles. The van der Waals surface area contributed by atoms with Crippen LogP contribution in [-0.4, -0.2) is 59.3 Å². The topological polar surface area (TPSA) is 66.3 Å². The van der Waals surface area contributed by atoms with Gasteiger partial charge in [-0.2, -0.15) is 0 Å². The highest BCUT2D eigenvalue weighted by Gasteiger charge is 2.18. The Morgan fingerprint density at radius 2 is 1.94 bits per heavy atom. The molecule has 7 nitrogen and oxygen atoms in total. The first-order chi connectivity index (χ1) is 16.0. The minimum atomic E-state index is -0.432. The second-order valence-corrected chi connectivity index (χ2v) is 8.32. The van der Waals surface area contributed by atoms with Crippen LogP contribution in [0.3, 0.4) is 0 Å². The SMILES string of the molecule is CN(C)c1ccc(C=CCN2CCc3nnc(CNC(=O)c4cccc(F)c4)n3CC2)cc1. The molecule has 0 atom stereocenters. The Kier molecular flexibility index (Phi) is 7.14. The van der Waals surface area contributed by atoms with E-state index < -0.39 is 5.82 Å². The molecule has 0 spiro atoms. The summed E-state index contributed by atoms with van der Waals surface area (Å²) < 4.78 is 15.4. The molecule has 0 unspecified atom stereocenters. The summed E-state index contributed by atoms with van der Waals surface area (Å²) in [7, 11) is 4.07. The zero-order chi connectivity index (χ0) is 23.2. The standard InChI is InChI=1S/C25H29FN6O/c1-30(2)22-10-8-19(9-11-22)5-4-13-31-14-12-23-28-29-24(32(23)16-15-31)18-27-25(33)20-6-3-7-21(26)17-20/h3-11,17H,12-16,18H2,1-2H3,(H,27,33). The smallest absolute Gasteiger partial charge is 0.251 e. The number of nitrogens with zero attached hydrogens (tertiary/aromatic N) is 5. The number of anilines is 1. The molecule has 1 amide bonds. The first-order valence-electron chi connectivity index (χ1n) is 11.1. The van der Waals surface area contributed by atoms with Crippen LogP contribution in [0.2, 0.25) is 0 Å². The molecule has 3 aromatic rings. The number of aromatic nitrogens is 3. The van der Waals surface area contributed by atoms with E-state index in [2.05, 4.69) is 66.3 Å². The van der Waals surface area contributed by atoms with E-state index in [-0.39, 0.29) is 12.5 Å². The van der Waals surface area contributed by atoms with E-state index in [0.717, 1.165) is 38.4 Å². The van der Waals surface area contributed by atoms with E-state index >= 15 is 0 Å². The fourth-order valence-corrected chi connectivity index (χ4v) is 3.85. The molecule has 2 aromatic carbocycles. The van der Waals surface area contributed by atoms with Gasteiger partial charge in [0.15, 0.2) is 5.82 Å². The van der Waals surface area contributed by atoms with Gasteiger partial charge in [0, 0.05) is 57.9 Å². The van der Waals surface area contributed by atoms with Gasteiger partial charge in [-0.1, -0.05) is 30.4 Å². The maximum atomic E-state index is 13.4. The first kappa shape index (κ1) is 22.7. The van der Waals surface area contributed by atoms with Crippen LogP contribution >= 0.6 is 0 Å². The van der Waals surface area contributed by atoms with Crippen LogP contribution in [-0.2, 0) is 19.5 Å². The van der Waals surface area contributed by atoms with Crippen molar-refractivity contribution in [2.45, 2.75) is 19.5 Å². The molecule has 0 saturated heterocycles. The fraction of sp³-hybridized carbons (Fsp3) is 0.320. The van der Waals surface area contributed by atoms with Crippen molar-refractivity contribution >= 4 is 17.7 Å². The molecule has 0 saturated carbocycles. The van der Waals surface area contributed by atoms with E-state index in [0.29, 0.717) is 11.4 Å². The van der Waals surface area contributed by atoms with E-state index in [1.54, 1.807) is 6.07 Å². The highest BCUT2D eigenvalue weighted by molar-refractivity contribution is 5.94. The van der Waals surface area contributed by atoms with Crippen LogP contribution in [0.4, 0.5) is 10.1 Å². The van der Waals surface area contributed by atoms with Crippen molar-refractivity contribution in [1.82, 2.24) is 25.0 Å². The average Bonchev–Trinajstić information content (AvgIpc) is 3.09. The zero-order valence-electron chi connectivity index (χ0n) is 19.0. The lowest BCUT2D eigenvalue weighted by atomic mass is 10.2. The molecule has 8 heteroatoms. The molecule has 4 rings (SSSR count). The minimum Gasteiger partial charge on any atom is -0.378 e. The van der Waals surface area contributed by atoms with E-state index in [9.17, 15) is 9.18 Å². The number of hydrogen-bond donors (Lipinski definition) is 1. The Morgan fingerprint density at radius 1 is 1.12 bits per heavy atom. The van der Waals surface area contributed by atoms with Gasteiger partial charge in [-0.05, 0) is 35.9 Å². The third kappa shape index (κ3) is 5.84. The molecule has 1 N–H and O–H groups in total. The number of carbonyl (C=O) groups is 1. The highest BCUT2D eigenvalue weighted by atomic mass is 19.1. The number of halogens is 1. The van der Waals surface area contributed by atoms with Crippen molar-refractivity contribution < 1.29 is 9.18 Å². The van der Waals surface area contributed by atoms with E-state index in [1.807, 2.05) is 14.1 Å². The Labute approximate surface area is 193 Å². The van der Waals surface area contributed by atoms with Crippen LogP contribution in [0, 0.1) is 5.82 Å². The Bertz CT molecular complexity index is 1120. The largest absolute Gasteiger partial charge is 0.378 e. The van der Waals surface area contributed by atoms with Gasteiger partial charge in [-0.25, -0.2) is 4.39 Å². The maximum absolute atomic E-state index is 13.4. The maximum Gasteiger partial charge on any atom is 0.251 e. The third-order valence-electron chi connectivity index (χ3n) is 5.77. The zero-order valence-corrected chi connectivity index (χ0v) is 19.0. The molecule has 0 aliphatic carbocycles. The van der Waals surface area contributed by atoms with Gasteiger partial charge in [-0.3, -0.25) is 9.69 Å². The number of nitrogens with one attached hydrogen (secondary N) is 1. The summed E-state index contributed by atoms with van der Waals surface area (Å²) in [6.07, 6.45) is 5.14. The fourth-order valence-electron chi connectivity index (χ4n) is 3.85. The summed E-state index contributed by atoms with van der Waals surface area (Å²) in [5.41, 5.74) is 2.66. The molecule has 0 fully saturated rings. The van der Waals surface area contributed by atoms with Crippen molar-refractivity contribution in [2.75, 3.05) is 38.6 Å². The predicted octanol–water partition coefficient (Wildman–Crippen LogP) is 2.98. The lowest BCUT2D eigenvalue weighted by molar-refractivity contribution is 0.0949. The van der Waals surface area contributed by atoms with Gasteiger partial charge in [0.2, 0.25) is 0 Å². The highest BCUT2D eigenvalue weighted by Crippen LogP contribution is 2.14. The molecule has 2 heterocycles. The van der Waals surface area contributed by atoms with Crippen molar-refractivity contribution in [3.05, 3.63) is 83.2 Å². The monoisotopic (exact) mass is 448 g/mol. The Balaban J connectivity index is 1.30. The first-order valence-corrected chi connectivity index (χ1v) is 11.1. The molecule has 1 aliphatic rings. The number of benzene rings is 2.